The number of halogens is 2. The van der Waals surface area contributed by atoms with E-state index in [0.717, 1.165) is 51.0 Å². The van der Waals surface area contributed by atoms with Gasteiger partial charge in [0.15, 0.2) is 0 Å². The van der Waals surface area contributed by atoms with Crippen LogP contribution in [0, 0.1) is 0 Å². The van der Waals surface area contributed by atoms with Gasteiger partial charge < -0.3 is 15.0 Å². The van der Waals surface area contributed by atoms with E-state index in [-0.39, 0.29) is 24.8 Å². The van der Waals surface area contributed by atoms with E-state index in [4.69, 9.17) is 4.74 Å². The third-order valence-electron chi connectivity index (χ3n) is 2.84. The van der Waals surface area contributed by atoms with Crippen molar-refractivity contribution in [3.05, 3.63) is 17.5 Å². The average Bonchev–Trinajstić information content (AvgIpc) is 2.77. The molecule has 0 atom stereocenters. The lowest BCUT2D eigenvalue weighted by Gasteiger charge is -2.26. The maximum absolute atomic E-state index is 5.30. The Bertz CT molecular complexity index is 371. The van der Waals surface area contributed by atoms with Crippen LogP contribution in [-0.2, 0) is 17.8 Å². The van der Waals surface area contributed by atoms with Gasteiger partial charge in [0.25, 0.3) is 0 Å². The van der Waals surface area contributed by atoms with E-state index in [1.54, 1.807) is 0 Å². The zero-order valence-electron chi connectivity index (χ0n) is 9.39. The molecule has 2 aliphatic heterocycles. The normalized spacial score (nSPS) is 18.0. The lowest BCUT2D eigenvalue weighted by Crippen LogP contribution is -2.37. The maximum atomic E-state index is 5.30. The summed E-state index contributed by atoms with van der Waals surface area (Å²) < 4.78 is 5.30. The molecule has 5 nitrogen and oxygen atoms in total. The Morgan fingerprint density at radius 3 is 2.71 bits per heavy atom. The monoisotopic (exact) mass is 278 g/mol. The van der Waals surface area contributed by atoms with E-state index >= 15 is 0 Å². The summed E-state index contributed by atoms with van der Waals surface area (Å²) >= 11 is 0. The number of nitrogens with zero attached hydrogens (tertiary/aromatic N) is 3. The van der Waals surface area contributed by atoms with E-state index in [0.29, 0.717) is 0 Å². The molecule has 1 fully saturated rings. The number of hydrogen-bond donors (Lipinski definition) is 1. The predicted octanol–water partition coefficient (Wildman–Crippen LogP) is 0.760. The zero-order valence-corrected chi connectivity index (χ0v) is 11.0. The molecular weight excluding hydrogens is 263 g/mol. The summed E-state index contributed by atoms with van der Waals surface area (Å²) in [5.41, 5.74) is 2.37. The van der Waals surface area contributed by atoms with Crippen LogP contribution >= 0.6 is 24.8 Å². The minimum atomic E-state index is 0. The van der Waals surface area contributed by atoms with Gasteiger partial charge in [0.05, 0.1) is 18.9 Å². The number of rotatable bonds is 1. The first-order valence-corrected chi connectivity index (χ1v) is 5.32. The molecule has 0 amide bonds. The zero-order chi connectivity index (χ0) is 10.1. The van der Waals surface area contributed by atoms with Crippen LogP contribution in [-0.4, -0.2) is 36.3 Å². The number of ether oxygens (including phenoxy) is 1. The van der Waals surface area contributed by atoms with Crippen molar-refractivity contribution in [1.29, 1.82) is 0 Å². The van der Waals surface area contributed by atoms with Crippen LogP contribution in [0.25, 0.3) is 0 Å². The van der Waals surface area contributed by atoms with Gasteiger partial charge in [-0.2, -0.15) is 0 Å². The number of aromatic nitrogens is 2. The van der Waals surface area contributed by atoms with Crippen LogP contribution in [0.2, 0.25) is 0 Å². The molecule has 0 aliphatic carbocycles. The van der Waals surface area contributed by atoms with Crippen LogP contribution in [0.1, 0.15) is 11.3 Å². The van der Waals surface area contributed by atoms with Crippen molar-refractivity contribution < 1.29 is 4.74 Å². The molecule has 1 saturated heterocycles. The Labute approximate surface area is 113 Å². The molecule has 0 spiro atoms. The van der Waals surface area contributed by atoms with Crippen LogP contribution in [0.5, 0.6) is 0 Å². The second-order valence-corrected chi connectivity index (χ2v) is 3.84. The first-order valence-electron chi connectivity index (χ1n) is 5.32. The Morgan fingerprint density at radius 1 is 1.18 bits per heavy atom. The fraction of sp³-hybridized carbons (Fsp3) is 0.600. The number of hydrogen-bond acceptors (Lipinski definition) is 5. The van der Waals surface area contributed by atoms with Crippen LogP contribution in [0.4, 0.5) is 5.95 Å². The summed E-state index contributed by atoms with van der Waals surface area (Å²) in [6, 6.07) is 0. The van der Waals surface area contributed by atoms with Crippen molar-refractivity contribution in [2.45, 2.75) is 13.1 Å². The van der Waals surface area contributed by atoms with Crippen LogP contribution < -0.4 is 10.2 Å². The van der Waals surface area contributed by atoms with Gasteiger partial charge in [-0.3, -0.25) is 0 Å². The van der Waals surface area contributed by atoms with E-state index in [1.807, 2.05) is 6.20 Å². The molecule has 0 bridgehead atoms. The number of morpholine rings is 1. The van der Waals surface area contributed by atoms with E-state index in [2.05, 4.69) is 20.2 Å². The molecule has 96 valence electrons. The largest absolute Gasteiger partial charge is 0.378 e. The van der Waals surface area contributed by atoms with Crippen molar-refractivity contribution >= 4 is 30.8 Å². The van der Waals surface area contributed by atoms with Gasteiger partial charge in [0.2, 0.25) is 5.95 Å². The third-order valence-corrected chi connectivity index (χ3v) is 2.84. The smallest absolute Gasteiger partial charge is 0.225 e. The predicted molar refractivity (Wildman–Crippen MR) is 70.1 cm³/mol. The van der Waals surface area contributed by atoms with Gasteiger partial charge in [-0.1, -0.05) is 0 Å². The van der Waals surface area contributed by atoms with E-state index in [9.17, 15) is 0 Å². The molecule has 3 rings (SSSR count). The Morgan fingerprint density at radius 2 is 1.94 bits per heavy atom. The molecule has 0 unspecified atom stereocenters. The topological polar surface area (TPSA) is 50.3 Å². The lowest BCUT2D eigenvalue weighted by molar-refractivity contribution is 0.122. The van der Waals surface area contributed by atoms with E-state index < -0.39 is 0 Å². The first kappa shape index (κ1) is 14.4. The molecule has 1 N–H and O–H groups in total. The molecule has 0 saturated carbocycles. The van der Waals surface area contributed by atoms with Gasteiger partial charge >= 0.3 is 0 Å². The Balaban J connectivity index is 0.000000722. The van der Waals surface area contributed by atoms with Crippen LogP contribution in [0.15, 0.2) is 6.20 Å². The highest BCUT2D eigenvalue weighted by Gasteiger charge is 2.17. The highest BCUT2D eigenvalue weighted by molar-refractivity contribution is 5.85. The lowest BCUT2D eigenvalue weighted by atomic mass is 10.3. The summed E-state index contributed by atoms with van der Waals surface area (Å²) in [5, 5.41) is 3.27. The third kappa shape index (κ3) is 2.98. The average molecular weight is 279 g/mol. The maximum Gasteiger partial charge on any atom is 0.225 e. The highest BCUT2D eigenvalue weighted by Crippen LogP contribution is 2.16. The van der Waals surface area contributed by atoms with Crippen molar-refractivity contribution in [2.24, 2.45) is 0 Å². The quantitative estimate of drug-likeness (QED) is 0.822. The summed E-state index contributed by atoms with van der Waals surface area (Å²) in [4.78, 5) is 11.1. The minimum Gasteiger partial charge on any atom is -0.378 e. The second-order valence-electron chi connectivity index (χ2n) is 3.84. The minimum absolute atomic E-state index is 0. The Hall–Kier alpha value is -0.620. The van der Waals surface area contributed by atoms with Crippen LogP contribution in [0.3, 0.4) is 0 Å². The highest BCUT2D eigenvalue weighted by atomic mass is 35.5. The summed E-state index contributed by atoms with van der Waals surface area (Å²) in [6.07, 6.45) is 1.94. The molecular formula is C10H16Cl2N4O. The molecule has 2 aliphatic rings. The van der Waals surface area contributed by atoms with Crippen molar-refractivity contribution in [3.8, 4) is 0 Å². The summed E-state index contributed by atoms with van der Waals surface area (Å²) in [6.45, 7) is 5.11. The number of anilines is 1. The van der Waals surface area contributed by atoms with E-state index in [1.165, 1.54) is 5.56 Å². The van der Waals surface area contributed by atoms with Crippen molar-refractivity contribution in [3.63, 3.8) is 0 Å². The fourth-order valence-corrected chi connectivity index (χ4v) is 1.96. The molecule has 3 heterocycles. The molecule has 7 heteroatoms. The number of fused-ring (bicyclic) bond motifs is 1. The summed E-state index contributed by atoms with van der Waals surface area (Å²) in [5.74, 6) is 0.848. The molecule has 0 aromatic carbocycles. The van der Waals surface area contributed by atoms with Gasteiger partial charge in [0.1, 0.15) is 0 Å². The number of nitrogens with one attached hydrogen (secondary N) is 1. The standard InChI is InChI=1S/C10H14N4O.2ClH/c1-3-15-4-2-14(1)10-12-6-8-5-11-7-9(8)13-10;;/h6,11H,1-5,7H2;2*1H. The summed E-state index contributed by atoms with van der Waals surface area (Å²) in [7, 11) is 0. The fourth-order valence-electron chi connectivity index (χ4n) is 1.96. The SMILES string of the molecule is Cl.Cl.c1nc(N2CCOCC2)nc2c1CNC2. The molecule has 0 radical (unpaired) electrons. The first-order chi connectivity index (χ1) is 7.43. The van der Waals surface area contributed by atoms with Gasteiger partial charge in [0, 0.05) is 37.9 Å². The molecule has 1 aromatic rings. The van der Waals surface area contributed by atoms with Crippen molar-refractivity contribution in [1.82, 2.24) is 15.3 Å². The molecule has 17 heavy (non-hydrogen) atoms. The van der Waals surface area contributed by atoms with Gasteiger partial charge in [-0.15, -0.1) is 24.8 Å². The van der Waals surface area contributed by atoms with Crippen molar-refractivity contribution in [2.75, 3.05) is 31.2 Å². The van der Waals surface area contributed by atoms with Gasteiger partial charge in [-0.05, 0) is 0 Å². The Kier molecular flexibility index (Phi) is 5.39. The molecule has 1 aromatic heterocycles. The second kappa shape index (κ2) is 6.35. The van der Waals surface area contributed by atoms with Gasteiger partial charge in [-0.25, -0.2) is 9.97 Å².